The van der Waals surface area contributed by atoms with Crippen molar-refractivity contribution >= 4 is 39.3 Å². The van der Waals surface area contributed by atoms with Crippen molar-refractivity contribution in [1.29, 1.82) is 0 Å². The number of thiophene rings is 1. The highest BCUT2D eigenvalue weighted by Crippen LogP contribution is 2.30. The van der Waals surface area contributed by atoms with Crippen molar-refractivity contribution in [3.05, 3.63) is 20.8 Å². The van der Waals surface area contributed by atoms with Crippen molar-refractivity contribution in [2.75, 3.05) is 6.54 Å². The van der Waals surface area contributed by atoms with Crippen LogP contribution in [0.25, 0.3) is 0 Å². The van der Waals surface area contributed by atoms with E-state index in [1.807, 2.05) is 12.1 Å². The summed E-state index contributed by atoms with van der Waals surface area (Å²) in [6, 6.07) is 2.43. The number of hydrogen-bond donors (Lipinski definition) is 3. The largest absolute Gasteiger partial charge is 0.479 e. The van der Waals surface area contributed by atoms with E-state index in [4.69, 9.17) is 5.11 Å². The van der Waals surface area contributed by atoms with Gasteiger partial charge in [-0.3, -0.25) is 0 Å². The smallest absolute Gasteiger partial charge is 0.422 e. The number of hydrogen-bond acceptors (Lipinski definition) is 3. The van der Waals surface area contributed by atoms with Crippen LogP contribution < -0.4 is 10.6 Å². The van der Waals surface area contributed by atoms with Crippen LogP contribution in [0, 0.1) is 0 Å². The van der Waals surface area contributed by atoms with Gasteiger partial charge in [-0.1, -0.05) is 0 Å². The van der Waals surface area contributed by atoms with E-state index >= 15 is 0 Å². The van der Waals surface area contributed by atoms with Crippen LogP contribution in [0.4, 0.5) is 18.0 Å². The molecule has 0 aliphatic heterocycles. The molecule has 0 aliphatic rings. The zero-order chi connectivity index (χ0) is 16.3. The standard InChI is InChI=1S/C11H12BrF3N2O3S/c1-10(8(18)19,11(13,14)15)17-9(20)16-5-4-6-2-3-7(12)21-6/h2-3H,4-5H2,1H3,(H,18,19)(H2,16,17,20). The first-order valence-corrected chi connectivity index (χ1v) is 7.27. The van der Waals surface area contributed by atoms with Gasteiger partial charge in [-0.15, -0.1) is 11.3 Å². The monoisotopic (exact) mass is 388 g/mol. The Morgan fingerprint density at radius 3 is 2.43 bits per heavy atom. The topological polar surface area (TPSA) is 78.4 Å². The summed E-state index contributed by atoms with van der Waals surface area (Å²) in [6.07, 6.45) is -4.67. The Kier molecular flexibility index (Phi) is 5.62. The summed E-state index contributed by atoms with van der Waals surface area (Å²) in [5.74, 6) is -2.17. The summed E-state index contributed by atoms with van der Waals surface area (Å²) >= 11 is 4.69. The molecule has 10 heteroatoms. The van der Waals surface area contributed by atoms with Crippen LogP contribution in [0.2, 0.25) is 0 Å². The van der Waals surface area contributed by atoms with Gasteiger partial charge in [0.2, 0.25) is 5.54 Å². The number of aliphatic carboxylic acids is 1. The maximum Gasteiger partial charge on any atom is 0.422 e. The Labute approximate surface area is 130 Å². The predicted molar refractivity (Wildman–Crippen MR) is 74.4 cm³/mol. The van der Waals surface area contributed by atoms with Crippen molar-refractivity contribution in [2.45, 2.75) is 25.1 Å². The molecule has 2 amide bonds. The molecule has 1 aromatic heterocycles. The molecule has 1 aromatic rings. The molecule has 21 heavy (non-hydrogen) atoms. The van der Waals surface area contributed by atoms with Crippen molar-refractivity contribution < 1.29 is 27.9 Å². The second kappa shape index (κ2) is 6.65. The van der Waals surface area contributed by atoms with Crippen molar-refractivity contribution in [3.8, 4) is 0 Å². The highest BCUT2D eigenvalue weighted by molar-refractivity contribution is 9.11. The van der Waals surface area contributed by atoms with Gasteiger partial charge in [0.15, 0.2) is 0 Å². The summed E-state index contributed by atoms with van der Waals surface area (Å²) < 4.78 is 38.9. The van der Waals surface area contributed by atoms with Crippen LogP contribution in [-0.2, 0) is 11.2 Å². The van der Waals surface area contributed by atoms with E-state index in [-0.39, 0.29) is 6.54 Å². The van der Waals surface area contributed by atoms with Crippen molar-refractivity contribution in [1.82, 2.24) is 10.6 Å². The van der Waals surface area contributed by atoms with Crippen molar-refractivity contribution in [3.63, 3.8) is 0 Å². The second-order valence-electron chi connectivity index (χ2n) is 4.26. The molecule has 1 atom stereocenters. The van der Waals surface area contributed by atoms with Gasteiger partial charge in [0, 0.05) is 11.4 Å². The number of halogens is 4. The zero-order valence-corrected chi connectivity index (χ0v) is 13.2. The Balaban J connectivity index is 2.54. The average molecular weight is 389 g/mol. The first-order chi connectivity index (χ1) is 9.56. The molecule has 1 rings (SSSR count). The number of carboxylic acids is 1. The molecule has 3 N–H and O–H groups in total. The molecule has 0 saturated heterocycles. The minimum atomic E-state index is -5.10. The van der Waals surface area contributed by atoms with E-state index < -0.39 is 23.7 Å². The van der Waals surface area contributed by atoms with E-state index in [2.05, 4.69) is 21.2 Å². The molecule has 0 aliphatic carbocycles. The molecule has 0 fully saturated rings. The highest BCUT2D eigenvalue weighted by Gasteiger charge is 2.58. The van der Waals surface area contributed by atoms with Crippen molar-refractivity contribution in [2.24, 2.45) is 0 Å². The number of nitrogens with one attached hydrogen (secondary N) is 2. The van der Waals surface area contributed by atoms with Crippen LogP contribution in [0.5, 0.6) is 0 Å². The van der Waals surface area contributed by atoms with Gasteiger partial charge in [0.05, 0.1) is 3.79 Å². The van der Waals surface area contributed by atoms with Gasteiger partial charge in [-0.25, -0.2) is 9.59 Å². The number of urea groups is 1. The van der Waals surface area contributed by atoms with Gasteiger partial charge in [-0.2, -0.15) is 13.2 Å². The summed E-state index contributed by atoms with van der Waals surface area (Å²) in [5, 5.41) is 12.3. The molecule has 0 bridgehead atoms. The molecule has 118 valence electrons. The number of carbonyl (C=O) groups is 2. The Hall–Kier alpha value is -1.29. The summed E-state index contributed by atoms with van der Waals surface area (Å²) in [4.78, 5) is 23.1. The third kappa shape index (κ3) is 4.60. The fourth-order valence-electron chi connectivity index (χ4n) is 1.30. The lowest BCUT2D eigenvalue weighted by Crippen LogP contribution is -2.63. The normalized spacial score (nSPS) is 14.3. The molecular formula is C11H12BrF3N2O3S. The summed E-state index contributed by atoms with van der Waals surface area (Å²) in [7, 11) is 0. The number of rotatable bonds is 5. The summed E-state index contributed by atoms with van der Waals surface area (Å²) in [6.45, 7) is 0.484. The zero-order valence-electron chi connectivity index (χ0n) is 10.8. The Bertz CT molecular complexity index is 535. The number of carboxylic acid groups (broad SMARTS) is 1. The maximum absolute atomic E-state index is 12.7. The molecule has 5 nitrogen and oxygen atoms in total. The fourth-order valence-corrected chi connectivity index (χ4v) is 2.78. The molecular weight excluding hydrogens is 377 g/mol. The van der Waals surface area contributed by atoms with Gasteiger partial charge in [-0.05, 0) is 41.4 Å². The lowest BCUT2D eigenvalue weighted by atomic mass is 10.0. The van der Waals surface area contributed by atoms with E-state index in [1.54, 1.807) is 0 Å². The molecule has 0 saturated carbocycles. The molecule has 0 aromatic carbocycles. The lowest BCUT2D eigenvalue weighted by Gasteiger charge is -2.28. The second-order valence-corrected chi connectivity index (χ2v) is 6.81. The SMILES string of the molecule is CC(NC(=O)NCCc1ccc(Br)s1)(C(=O)O)C(F)(F)F. The first kappa shape index (κ1) is 17.8. The van der Waals surface area contributed by atoms with Crippen LogP contribution in [0.3, 0.4) is 0 Å². The number of alkyl halides is 3. The summed E-state index contributed by atoms with van der Waals surface area (Å²) in [5.41, 5.74) is -3.33. The van der Waals surface area contributed by atoms with E-state index in [0.717, 1.165) is 8.66 Å². The third-order valence-electron chi connectivity index (χ3n) is 2.64. The van der Waals surface area contributed by atoms with Crippen LogP contribution in [0.1, 0.15) is 11.8 Å². The van der Waals surface area contributed by atoms with E-state index in [0.29, 0.717) is 13.3 Å². The number of carbonyl (C=O) groups excluding carboxylic acids is 1. The predicted octanol–water partition coefficient (Wildman–Crippen LogP) is 2.76. The van der Waals surface area contributed by atoms with Crippen LogP contribution in [-0.4, -0.2) is 35.4 Å². The van der Waals surface area contributed by atoms with Gasteiger partial charge in [0.1, 0.15) is 0 Å². The Morgan fingerprint density at radius 1 is 1.38 bits per heavy atom. The quantitative estimate of drug-likeness (QED) is 0.725. The van der Waals surface area contributed by atoms with E-state index in [9.17, 15) is 22.8 Å². The minimum absolute atomic E-state index is 0.0896. The molecule has 0 spiro atoms. The maximum atomic E-state index is 12.7. The third-order valence-corrected chi connectivity index (χ3v) is 4.33. The minimum Gasteiger partial charge on any atom is -0.479 e. The van der Waals surface area contributed by atoms with Crippen LogP contribution >= 0.6 is 27.3 Å². The lowest BCUT2D eigenvalue weighted by molar-refractivity contribution is -0.203. The van der Waals surface area contributed by atoms with Crippen LogP contribution in [0.15, 0.2) is 15.9 Å². The average Bonchev–Trinajstić information content (AvgIpc) is 2.73. The first-order valence-electron chi connectivity index (χ1n) is 5.66. The number of amides is 2. The molecule has 1 unspecified atom stereocenters. The molecule has 0 radical (unpaired) electrons. The Morgan fingerprint density at radius 2 is 2.00 bits per heavy atom. The van der Waals surface area contributed by atoms with Gasteiger partial charge in [0.25, 0.3) is 0 Å². The van der Waals surface area contributed by atoms with E-state index in [1.165, 1.54) is 16.7 Å². The van der Waals surface area contributed by atoms with Gasteiger partial charge < -0.3 is 15.7 Å². The molecule has 1 heterocycles. The fraction of sp³-hybridized carbons (Fsp3) is 0.455. The van der Waals surface area contributed by atoms with Gasteiger partial charge >= 0.3 is 18.2 Å². The highest BCUT2D eigenvalue weighted by atomic mass is 79.9.